The van der Waals surface area contributed by atoms with E-state index in [9.17, 15) is 0 Å². The molecule has 13 heavy (non-hydrogen) atoms. The van der Waals surface area contributed by atoms with Crippen LogP contribution in [-0.4, -0.2) is 18.8 Å². The molecule has 0 aromatic heterocycles. The molecule has 0 bridgehead atoms. The zero-order valence-electron chi connectivity index (χ0n) is 10.1. The van der Waals surface area contributed by atoms with E-state index in [1.807, 2.05) is 0 Å². The van der Waals surface area contributed by atoms with Crippen molar-refractivity contribution in [2.75, 3.05) is 0 Å². The van der Waals surface area contributed by atoms with E-state index in [2.05, 4.69) is 27.7 Å². The summed E-state index contributed by atoms with van der Waals surface area (Å²) in [7, 11) is 0. The van der Waals surface area contributed by atoms with Crippen LogP contribution in [0, 0.1) is 0 Å². The molecule has 0 fully saturated rings. The molecule has 0 aromatic carbocycles. The molecule has 0 heterocycles. The third-order valence-electron chi connectivity index (χ3n) is 2.79. The Hall–Kier alpha value is 0.818. The Morgan fingerprint density at radius 3 is 0.923 bits per heavy atom. The fourth-order valence-corrected chi connectivity index (χ4v) is 17.2. The zero-order chi connectivity index (χ0) is 10.2. The Balaban J connectivity index is 4.19. The van der Waals surface area contributed by atoms with Crippen molar-refractivity contribution in [3.05, 3.63) is 0 Å². The van der Waals surface area contributed by atoms with E-state index < -0.39 is 18.8 Å². The van der Waals surface area contributed by atoms with Gasteiger partial charge in [-0.25, -0.2) is 0 Å². The molecule has 1 radical (unpaired) electrons. The first-order valence-corrected chi connectivity index (χ1v) is 13.3. The molecule has 0 saturated carbocycles. The molecular weight excluding hydrogens is 266 g/mol. The van der Waals surface area contributed by atoms with Crippen LogP contribution in [0.5, 0.6) is 0 Å². The van der Waals surface area contributed by atoms with Gasteiger partial charge in [-0.1, -0.05) is 0 Å². The van der Waals surface area contributed by atoms with Crippen molar-refractivity contribution < 1.29 is 0 Å². The topological polar surface area (TPSA) is 0 Å². The van der Waals surface area contributed by atoms with Gasteiger partial charge in [-0.3, -0.25) is 0 Å². The first-order valence-electron chi connectivity index (χ1n) is 6.09. The minimum atomic E-state index is -1.45. The molecule has 0 unspecified atom stereocenters. The predicted molar refractivity (Wildman–Crippen MR) is 66.1 cm³/mol. The predicted octanol–water partition coefficient (Wildman–Crippen LogP) is 5.08. The van der Waals surface area contributed by atoms with Crippen molar-refractivity contribution in [2.24, 2.45) is 0 Å². The van der Waals surface area contributed by atoms with Gasteiger partial charge in [0.1, 0.15) is 0 Å². The summed E-state index contributed by atoms with van der Waals surface area (Å²) in [5.74, 6) is 0. The second-order valence-electron chi connectivity index (χ2n) is 4.24. The van der Waals surface area contributed by atoms with Crippen molar-refractivity contribution >= 4 is 18.8 Å². The summed E-state index contributed by atoms with van der Waals surface area (Å²) in [6, 6.07) is 0. The summed E-state index contributed by atoms with van der Waals surface area (Å²) in [6.07, 6.45) is 5.80. The molecule has 0 N–H and O–H groups in total. The number of rotatable bonds is 8. The van der Waals surface area contributed by atoms with Crippen molar-refractivity contribution in [3.8, 4) is 0 Å². The Kier molecular flexibility index (Phi) is 8.67. The van der Waals surface area contributed by atoms with Gasteiger partial charge in [-0.2, -0.15) is 0 Å². The Labute approximate surface area is 89.5 Å². The van der Waals surface area contributed by atoms with Crippen LogP contribution in [0.15, 0.2) is 0 Å². The zero-order valence-corrected chi connectivity index (χ0v) is 12.7. The molecule has 0 aliphatic heterocycles. The fraction of sp³-hybridized carbons (Fsp3) is 1.00. The van der Waals surface area contributed by atoms with Crippen LogP contribution in [0.2, 0.25) is 17.5 Å². The van der Waals surface area contributed by atoms with E-state index in [4.69, 9.17) is 0 Å². The molecule has 0 spiro atoms. The van der Waals surface area contributed by atoms with Crippen molar-refractivity contribution in [2.45, 2.75) is 70.8 Å². The summed E-state index contributed by atoms with van der Waals surface area (Å²) in [5, 5.41) is 0. The quantitative estimate of drug-likeness (QED) is 0.548. The minimum absolute atomic E-state index is 1.45. The average Bonchev–Trinajstić information content (AvgIpc) is 2.06. The number of hydrogen-bond acceptors (Lipinski definition) is 0. The molecule has 1 heteroatoms. The summed E-state index contributed by atoms with van der Waals surface area (Å²) < 4.78 is 6.59. The average molecular weight is 294 g/mol. The van der Waals surface area contributed by atoms with Gasteiger partial charge in [0.05, 0.1) is 0 Å². The van der Waals surface area contributed by atoms with Gasteiger partial charge < -0.3 is 0 Å². The summed E-state index contributed by atoms with van der Waals surface area (Å²) in [6.45, 7) is 9.52. The van der Waals surface area contributed by atoms with Gasteiger partial charge in [0.2, 0.25) is 0 Å². The van der Waals surface area contributed by atoms with Gasteiger partial charge in [-0.15, -0.1) is 0 Å². The van der Waals surface area contributed by atoms with Crippen LogP contribution in [-0.2, 0) is 0 Å². The second kappa shape index (κ2) is 8.15. The standard InChI is InChI=1S/4C3H7.Sb/c4*1-3-2;/h4*1,3H2,2H3;. The van der Waals surface area contributed by atoms with Crippen LogP contribution in [0.25, 0.3) is 0 Å². The van der Waals surface area contributed by atoms with Gasteiger partial charge in [-0.05, 0) is 0 Å². The Morgan fingerprint density at radius 1 is 0.538 bits per heavy atom. The molecule has 0 nitrogen and oxygen atoms in total. The normalized spacial score (nSPS) is 12.0. The summed E-state index contributed by atoms with van der Waals surface area (Å²) >= 11 is -1.45. The van der Waals surface area contributed by atoms with E-state index >= 15 is 0 Å². The third-order valence-corrected chi connectivity index (χ3v) is 18.7. The SMILES string of the molecule is CC[CH2][Sb]([CH2]CC)([CH2]CC)[CH2]CC. The summed E-state index contributed by atoms with van der Waals surface area (Å²) in [4.78, 5) is 0. The Bertz CT molecular complexity index is 80.2. The van der Waals surface area contributed by atoms with E-state index in [1.165, 1.54) is 25.7 Å². The molecule has 0 aliphatic carbocycles. The van der Waals surface area contributed by atoms with Gasteiger partial charge in [0.25, 0.3) is 0 Å². The first kappa shape index (κ1) is 13.8. The van der Waals surface area contributed by atoms with Gasteiger partial charge >= 0.3 is 89.7 Å². The monoisotopic (exact) mass is 293 g/mol. The van der Waals surface area contributed by atoms with Gasteiger partial charge in [0.15, 0.2) is 0 Å². The molecule has 0 saturated heterocycles. The molecule has 81 valence electrons. The summed E-state index contributed by atoms with van der Waals surface area (Å²) in [5.41, 5.74) is 0. The van der Waals surface area contributed by atoms with Crippen LogP contribution < -0.4 is 0 Å². The van der Waals surface area contributed by atoms with Crippen LogP contribution in [0.3, 0.4) is 0 Å². The van der Waals surface area contributed by atoms with Crippen LogP contribution >= 0.6 is 0 Å². The van der Waals surface area contributed by atoms with E-state index in [1.54, 1.807) is 17.5 Å². The third kappa shape index (κ3) is 5.30. The Morgan fingerprint density at radius 2 is 0.769 bits per heavy atom. The molecule has 0 rings (SSSR count). The van der Waals surface area contributed by atoms with Crippen molar-refractivity contribution in [1.29, 1.82) is 0 Å². The van der Waals surface area contributed by atoms with Crippen LogP contribution in [0.4, 0.5) is 0 Å². The maximum atomic E-state index is 2.38. The van der Waals surface area contributed by atoms with Crippen LogP contribution in [0.1, 0.15) is 53.4 Å². The van der Waals surface area contributed by atoms with Crippen molar-refractivity contribution in [1.82, 2.24) is 0 Å². The van der Waals surface area contributed by atoms with Crippen molar-refractivity contribution in [3.63, 3.8) is 0 Å². The molecule has 0 aromatic rings. The molecule has 0 aliphatic rings. The second-order valence-corrected chi connectivity index (χ2v) is 17.0. The number of hydrogen-bond donors (Lipinski definition) is 0. The first-order chi connectivity index (χ1) is 6.24. The molecule has 0 amide bonds. The molecule has 0 atom stereocenters. The van der Waals surface area contributed by atoms with E-state index in [0.717, 1.165) is 0 Å². The van der Waals surface area contributed by atoms with Gasteiger partial charge in [0, 0.05) is 0 Å². The molecular formula is C12H28Sb. The van der Waals surface area contributed by atoms with E-state index in [-0.39, 0.29) is 0 Å². The maximum absolute atomic E-state index is 2.38. The fourth-order valence-electron chi connectivity index (χ4n) is 2.57. The van der Waals surface area contributed by atoms with E-state index in [0.29, 0.717) is 0 Å².